The third-order valence-electron chi connectivity index (χ3n) is 3.37. The highest BCUT2D eigenvalue weighted by Crippen LogP contribution is 2.22. The second-order valence-corrected chi connectivity index (χ2v) is 6.33. The molecule has 1 atom stereocenters. The predicted molar refractivity (Wildman–Crippen MR) is 76.9 cm³/mol. The summed E-state index contributed by atoms with van der Waals surface area (Å²) in [5.41, 5.74) is 2.10. The normalized spacial score (nSPS) is 13.5. The fourth-order valence-electron chi connectivity index (χ4n) is 1.58. The van der Waals surface area contributed by atoms with E-state index in [1.54, 1.807) is 0 Å². The first-order chi connectivity index (χ1) is 8.21. The molecule has 0 bridgehead atoms. The van der Waals surface area contributed by atoms with Gasteiger partial charge in [0.25, 0.3) is 5.91 Å². The average Bonchev–Trinajstić information content (AvgIpc) is 2.27. The fraction of sp³-hybridized carbons (Fsp3) is 0.562. The topological polar surface area (TPSA) is 29.1 Å². The lowest BCUT2D eigenvalue weighted by atomic mass is 9.86. The molecule has 0 saturated heterocycles. The van der Waals surface area contributed by atoms with Crippen LogP contribution in [-0.4, -0.2) is 11.9 Å². The molecule has 1 amide bonds. The van der Waals surface area contributed by atoms with Gasteiger partial charge in [-0.15, -0.1) is 0 Å². The van der Waals surface area contributed by atoms with Gasteiger partial charge in [-0.1, -0.05) is 46.8 Å². The maximum Gasteiger partial charge on any atom is 0.251 e. The molecular weight excluding hydrogens is 222 g/mol. The molecule has 2 nitrogen and oxygen atoms in total. The Balaban J connectivity index is 2.77. The summed E-state index contributed by atoms with van der Waals surface area (Å²) >= 11 is 0. The standard InChI is InChI=1S/C16H25NO/c1-11(2)12(3)17-15(18)13-7-9-14(10-8-13)16(4,5)6/h7-12H,1-6H3,(H,17,18)/t12-/m1/s1. The molecule has 0 aliphatic heterocycles. The van der Waals surface area contributed by atoms with Crippen molar-refractivity contribution in [1.82, 2.24) is 5.32 Å². The minimum Gasteiger partial charge on any atom is -0.349 e. The highest BCUT2D eigenvalue weighted by molar-refractivity contribution is 5.94. The summed E-state index contributed by atoms with van der Waals surface area (Å²) < 4.78 is 0. The lowest BCUT2D eigenvalue weighted by molar-refractivity contribution is 0.0930. The molecule has 1 aromatic carbocycles. The zero-order valence-electron chi connectivity index (χ0n) is 12.4. The minimum atomic E-state index is 0.0108. The van der Waals surface area contributed by atoms with Crippen LogP contribution in [-0.2, 0) is 5.41 Å². The van der Waals surface area contributed by atoms with Crippen molar-refractivity contribution in [3.63, 3.8) is 0 Å². The first-order valence-corrected chi connectivity index (χ1v) is 6.63. The Hall–Kier alpha value is -1.31. The van der Waals surface area contributed by atoms with Gasteiger partial charge in [-0.05, 0) is 36.0 Å². The summed E-state index contributed by atoms with van der Waals surface area (Å²) in [6.45, 7) is 12.8. The van der Waals surface area contributed by atoms with E-state index in [0.29, 0.717) is 5.92 Å². The van der Waals surface area contributed by atoms with E-state index in [0.717, 1.165) is 5.56 Å². The molecule has 0 aromatic heterocycles. The number of rotatable bonds is 3. The largest absolute Gasteiger partial charge is 0.349 e. The average molecular weight is 247 g/mol. The maximum atomic E-state index is 12.0. The maximum absolute atomic E-state index is 12.0. The molecule has 18 heavy (non-hydrogen) atoms. The highest BCUT2D eigenvalue weighted by atomic mass is 16.1. The summed E-state index contributed by atoms with van der Waals surface area (Å²) in [5, 5.41) is 3.01. The SMILES string of the molecule is CC(C)[C@@H](C)NC(=O)c1ccc(C(C)(C)C)cc1. The van der Waals surface area contributed by atoms with Crippen molar-refractivity contribution in [2.24, 2.45) is 5.92 Å². The summed E-state index contributed by atoms with van der Waals surface area (Å²) in [6.07, 6.45) is 0. The first kappa shape index (κ1) is 14.7. The Kier molecular flexibility index (Phi) is 4.55. The molecule has 1 rings (SSSR count). The summed E-state index contributed by atoms with van der Waals surface area (Å²) in [7, 11) is 0. The number of amides is 1. The van der Waals surface area contributed by atoms with Gasteiger partial charge in [0, 0.05) is 11.6 Å². The Bertz CT molecular complexity index is 398. The molecule has 2 heteroatoms. The van der Waals surface area contributed by atoms with Crippen LogP contribution in [0.15, 0.2) is 24.3 Å². The second-order valence-electron chi connectivity index (χ2n) is 6.33. The number of carbonyl (C=O) groups excluding carboxylic acids is 1. The van der Waals surface area contributed by atoms with E-state index in [2.05, 4.69) is 39.9 Å². The molecular formula is C16H25NO. The molecule has 100 valence electrons. The highest BCUT2D eigenvalue weighted by Gasteiger charge is 2.15. The third kappa shape index (κ3) is 3.86. The van der Waals surface area contributed by atoms with E-state index in [4.69, 9.17) is 0 Å². The van der Waals surface area contributed by atoms with Crippen LogP contribution in [0.4, 0.5) is 0 Å². The van der Waals surface area contributed by atoms with Gasteiger partial charge in [0.1, 0.15) is 0 Å². The summed E-state index contributed by atoms with van der Waals surface area (Å²) in [6, 6.07) is 8.08. The molecule has 0 aliphatic rings. The van der Waals surface area contributed by atoms with Crippen molar-refractivity contribution in [3.05, 3.63) is 35.4 Å². The Labute approximate surface area is 111 Å². The molecule has 1 N–H and O–H groups in total. The van der Waals surface area contributed by atoms with Gasteiger partial charge >= 0.3 is 0 Å². The lowest BCUT2D eigenvalue weighted by Crippen LogP contribution is -2.36. The number of hydrogen-bond donors (Lipinski definition) is 1. The molecule has 0 heterocycles. The van der Waals surface area contributed by atoms with Gasteiger partial charge in [-0.2, -0.15) is 0 Å². The van der Waals surface area contributed by atoms with Crippen molar-refractivity contribution >= 4 is 5.91 Å². The van der Waals surface area contributed by atoms with E-state index in [1.165, 1.54) is 5.56 Å². The van der Waals surface area contributed by atoms with Crippen molar-refractivity contribution in [2.75, 3.05) is 0 Å². The van der Waals surface area contributed by atoms with Crippen LogP contribution >= 0.6 is 0 Å². The zero-order valence-corrected chi connectivity index (χ0v) is 12.4. The van der Waals surface area contributed by atoms with Crippen molar-refractivity contribution in [1.29, 1.82) is 0 Å². The third-order valence-corrected chi connectivity index (χ3v) is 3.37. The summed E-state index contributed by atoms with van der Waals surface area (Å²) in [5.74, 6) is 0.458. The van der Waals surface area contributed by atoms with E-state index < -0.39 is 0 Å². The van der Waals surface area contributed by atoms with Crippen LogP contribution in [0.25, 0.3) is 0 Å². The number of hydrogen-bond acceptors (Lipinski definition) is 1. The lowest BCUT2D eigenvalue weighted by Gasteiger charge is -2.20. The molecule has 0 spiro atoms. The van der Waals surface area contributed by atoms with Crippen LogP contribution in [0.5, 0.6) is 0 Å². The minimum absolute atomic E-state index is 0.0108. The first-order valence-electron chi connectivity index (χ1n) is 6.63. The smallest absolute Gasteiger partial charge is 0.251 e. The van der Waals surface area contributed by atoms with Crippen molar-refractivity contribution < 1.29 is 4.79 Å². The fourth-order valence-corrected chi connectivity index (χ4v) is 1.58. The van der Waals surface area contributed by atoms with Crippen LogP contribution in [0.3, 0.4) is 0 Å². The van der Waals surface area contributed by atoms with Gasteiger partial charge < -0.3 is 5.32 Å². The van der Waals surface area contributed by atoms with Crippen molar-refractivity contribution in [2.45, 2.75) is 53.0 Å². The van der Waals surface area contributed by atoms with Crippen LogP contribution in [0.1, 0.15) is 57.5 Å². The quantitative estimate of drug-likeness (QED) is 0.865. The number of carbonyl (C=O) groups is 1. The Morgan fingerprint density at radius 2 is 1.56 bits per heavy atom. The van der Waals surface area contributed by atoms with Crippen LogP contribution in [0.2, 0.25) is 0 Å². The predicted octanol–water partition coefficient (Wildman–Crippen LogP) is 3.76. The number of benzene rings is 1. The number of nitrogens with one attached hydrogen (secondary N) is 1. The van der Waals surface area contributed by atoms with Gasteiger partial charge in [-0.25, -0.2) is 0 Å². The van der Waals surface area contributed by atoms with Gasteiger partial charge in [0.15, 0.2) is 0 Å². The van der Waals surface area contributed by atoms with Crippen molar-refractivity contribution in [3.8, 4) is 0 Å². The van der Waals surface area contributed by atoms with E-state index in [-0.39, 0.29) is 17.4 Å². The van der Waals surface area contributed by atoms with Crippen LogP contribution in [0, 0.1) is 5.92 Å². The molecule has 1 aromatic rings. The van der Waals surface area contributed by atoms with Gasteiger partial charge in [0.2, 0.25) is 0 Å². The Morgan fingerprint density at radius 1 is 1.06 bits per heavy atom. The Morgan fingerprint density at radius 3 is 1.94 bits per heavy atom. The second kappa shape index (κ2) is 5.55. The molecule has 0 radical (unpaired) electrons. The molecule has 0 aliphatic carbocycles. The summed E-state index contributed by atoms with van der Waals surface area (Å²) in [4.78, 5) is 12.0. The van der Waals surface area contributed by atoms with Crippen LogP contribution < -0.4 is 5.32 Å². The van der Waals surface area contributed by atoms with E-state index >= 15 is 0 Å². The van der Waals surface area contributed by atoms with Gasteiger partial charge in [0.05, 0.1) is 0 Å². The molecule has 0 fully saturated rings. The van der Waals surface area contributed by atoms with E-state index in [9.17, 15) is 4.79 Å². The van der Waals surface area contributed by atoms with E-state index in [1.807, 2.05) is 31.2 Å². The molecule has 0 saturated carbocycles. The monoisotopic (exact) mass is 247 g/mol. The van der Waals surface area contributed by atoms with Gasteiger partial charge in [-0.3, -0.25) is 4.79 Å². The molecule has 0 unspecified atom stereocenters. The zero-order chi connectivity index (χ0) is 13.9.